The van der Waals surface area contributed by atoms with Gasteiger partial charge in [-0.05, 0) is 34.9 Å². The smallest absolute Gasteiger partial charge is 0.209 e. The summed E-state index contributed by atoms with van der Waals surface area (Å²) in [6.45, 7) is 0.953. The molecule has 6 heteroatoms. The van der Waals surface area contributed by atoms with Gasteiger partial charge in [-0.2, -0.15) is 0 Å². The number of aryl methyl sites for hydroxylation is 2. The molecule has 3 rings (SSSR count). The highest BCUT2D eigenvalue weighted by molar-refractivity contribution is 7.99. The second kappa shape index (κ2) is 4.97. The maximum absolute atomic E-state index is 4.03. The Morgan fingerprint density at radius 1 is 1.39 bits per heavy atom. The number of aromatic nitrogens is 4. The molecule has 1 aromatic heterocycles. The zero-order valence-corrected chi connectivity index (χ0v) is 11.0. The lowest BCUT2D eigenvalue weighted by Gasteiger charge is -2.12. The van der Waals surface area contributed by atoms with Crippen LogP contribution in [-0.2, 0) is 13.5 Å². The van der Waals surface area contributed by atoms with Crippen LogP contribution in [0, 0.1) is 0 Å². The van der Waals surface area contributed by atoms with E-state index >= 15 is 0 Å². The Bertz CT molecular complexity index is 512. The Morgan fingerprint density at radius 2 is 2.28 bits per heavy atom. The SMILES string of the molecule is Cn1nnnc1SC1CCc2ccccc2NC1. The number of hydrogen-bond acceptors (Lipinski definition) is 5. The number of nitrogens with zero attached hydrogens (tertiary/aromatic N) is 4. The van der Waals surface area contributed by atoms with E-state index < -0.39 is 0 Å². The number of para-hydroxylation sites is 1. The number of nitrogens with one attached hydrogen (secondary N) is 1. The third-order valence-corrected chi connectivity index (χ3v) is 4.42. The van der Waals surface area contributed by atoms with E-state index in [9.17, 15) is 0 Å². The molecule has 0 spiro atoms. The molecule has 0 fully saturated rings. The number of rotatable bonds is 2. The Balaban J connectivity index is 1.70. The number of benzene rings is 1. The molecule has 5 nitrogen and oxygen atoms in total. The summed E-state index contributed by atoms with van der Waals surface area (Å²) in [6, 6.07) is 8.51. The first kappa shape index (κ1) is 11.5. The fraction of sp³-hybridized carbons (Fsp3) is 0.417. The van der Waals surface area contributed by atoms with Crippen LogP contribution < -0.4 is 5.32 Å². The van der Waals surface area contributed by atoms with Crippen LogP contribution in [0.1, 0.15) is 12.0 Å². The average molecular weight is 261 g/mol. The van der Waals surface area contributed by atoms with Crippen molar-refractivity contribution < 1.29 is 0 Å². The highest BCUT2D eigenvalue weighted by Crippen LogP contribution is 2.29. The molecule has 1 unspecified atom stereocenters. The summed E-state index contributed by atoms with van der Waals surface area (Å²) in [5, 5.41) is 16.5. The number of thioether (sulfide) groups is 1. The average Bonchev–Trinajstić information content (AvgIpc) is 2.68. The summed E-state index contributed by atoms with van der Waals surface area (Å²) in [4.78, 5) is 0. The molecule has 2 heterocycles. The van der Waals surface area contributed by atoms with Crippen LogP contribution in [0.3, 0.4) is 0 Å². The van der Waals surface area contributed by atoms with Gasteiger partial charge in [0.05, 0.1) is 0 Å². The van der Waals surface area contributed by atoms with Gasteiger partial charge in [-0.25, -0.2) is 4.68 Å². The van der Waals surface area contributed by atoms with Crippen molar-refractivity contribution in [1.82, 2.24) is 20.2 Å². The first-order valence-corrected chi connectivity index (χ1v) is 6.91. The van der Waals surface area contributed by atoms with Crippen LogP contribution in [0.15, 0.2) is 29.4 Å². The number of tetrazole rings is 1. The minimum atomic E-state index is 0.502. The van der Waals surface area contributed by atoms with Crippen LogP contribution in [0.25, 0.3) is 0 Å². The molecule has 18 heavy (non-hydrogen) atoms. The maximum Gasteiger partial charge on any atom is 0.209 e. The Kier molecular flexibility index (Phi) is 3.19. The van der Waals surface area contributed by atoms with Crippen LogP contribution in [0.4, 0.5) is 5.69 Å². The molecule has 0 bridgehead atoms. The lowest BCUT2D eigenvalue weighted by molar-refractivity contribution is 0.661. The van der Waals surface area contributed by atoms with Gasteiger partial charge in [-0.1, -0.05) is 30.0 Å². The largest absolute Gasteiger partial charge is 0.384 e. The standard InChI is InChI=1S/C12H15N5S/c1-17-12(14-15-16-17)18-10-7-6-9-4-2-3-5-11(9)13-8-10/h2-5,10,13H,6-8H2,1H3. The lowest BCUT2D eigenvalue weighted by atomic mass is 10.1. The predicted octanol–water partition coefficient (Wildman–Crippen LogP) is 1.73. The van der Waals surface area contributed by atoms with E-state index in [1.54, 1.807) is 16.4 Å². The van der Waals surface area contributed by atoms with Crippen molar-refractivity contribution in [3.8, 4) is 0 Å². The monoisotopic (exact) mass is 261 g/mol. The van der Waals surface area contributed by atoms with Gasteiger partial charge in [0.15, 0.2) is 0 Å². The molecule has 0 saturated heterocycles. The van der Waals surface area contributed by atoms with Crippen molar-refractivity contribution in [3.63, 3.8) is 0 Å². The van der Waals surface area contributed by atoms with Gasteiger partial charge in [-0.3, -0.25) is 0 Å². The summed E-state index contributed by atoms with van der Waals surface area (Å²) < 4.78 is 1.72. The third kappa shape index (κ3) is 2.33. The molecule has 2 aromatic rings. The van der Waals surface area contributed by atoms with Crippen molar-refractivity contribution in [3.05, 3.63) is 29.8 Å². The first-order chi connectivity index (χ1) is 8.83. The van der Waals surface area contributed by atoms with E-state index in [4.69, 9.17) is 0 Å². The maximum atomic E-state index is 4.03. The molecule has 0 saturated carbocycles. The van der Waals surface area contributed by atoms with Crippen LogP contribution in [0.2, 0.25) is 0 Å². The van der Waals surface area contributed by atoms with Gasteiger partial charge in [0.1, 0.15) is 0 Å². The fourth-order valence-corrected chi connectivity index (χ4v) is 3.10. The quantitative estimate of drug-likeness (QED) is 0.892. The van der Waals surface area contributed by atoms with E-state index in [0.29, 0.717) is 5.25 Å². The zero-order chi connectivity index (χ0) is 12.4. The Morgan fingerprint density at radius 3 is 3.11 bits per heavy atom. The highest BCUT2D eigenvalue weighted by atomic mass is 32.2. The second-order valence-electron chi connectivity index (χ2n) is 4.40. The number of fused-ring (bicyclic) bond motifs is 1. The molecule has 94 valence electrons. The highest BCUT2D eigenvalue weighted by Gasteiger charge is 2.18. The van der Waals surface area contributed by atoms with E-state index in [0.717, 1.165) is 24.5 Å². The first-order valence-electron chi connectivity index (χ1n) is 6.04. The van der Waals surface area contributed by atoms with E-state index in [-0.39, 0.29) is 0 Å². The van der Waals surface area contributed by atoms with Crippen LogP contribution >= 0.6 is 11.8 Å². The van der Waals surface area contributed by atoms with Crippen molar-refractivity contribution in [2.75, 3.05) is 11.9 Å². The minimum Gasteiger partial charge on any atom is -0.384 e. The molecule has 0 aliphatic carbocycles. The topological polar surface area (TPSA) is 55.6 Å². The molecule has 0 radical (unpaired) electrons. The molecule has 1 aliphatic heterocycles. The lowest BCUT2D eigenvalue weighted by Crippen LogP contribution is -2.15. The van der Waals surface area contributed by atoms with Crippen molar-refractivity contribution in [2.45, 2.75) is 23.2 Å². The van der Waals surface area contributed by atoms with Crippen LogP contribution in [-0.4, -0.2) is 32.0 Å². The van der Waals surface area contributed by atoms with E-state index in [1.165, 1.54) is 11.3 Å². The number of anilines is 1. The number of hydrogen-bond donors (Lipinski definition) is 1. The van der Waals surface area contributed by atoms with Crippen molar-refractivity contribution >= 4 is 17.4 Å². The van der Waals surface area contributed by atoms with Gasteiger partial charge in [0.25, 0.3) is 0 Å². The third-order valence-electron chi connectivity index (χ3n) is 3.13. The van der Waals surface area contributed by atoms with Crippen molar-refractivity contribution in [2.24, 2.45) is 7.05 Å². The van der Waals surface area contributed by atoms with E-state index in [2.05, 4.69) is 45.1 Å². The summed E-state index contributed by atoms with van der Waals surface area (Å²) in [7, 11) is 1.88. The van der Waals surface area contributed by atoms with Gasteiger partial charge in [0, 0.05) is 24.5 Å². The van der Waals surface area contributed by atoms with Gasteiger partial charge in [0.2, 0.25) is 5.16 Å². The summed E-state index contributed by atoms with van der Waals surface area (Å²) >= 11 is 1.75. The van der Waals surface area contributed by atoms with Crippen molar-refractivity contribution in [1.29, 1.82) is 0 Å². The van der Waals surface area contributed by atoms with Crippen LogP contribution in [0.5, 0.6) is 0 Å². The molecule has 1 atom stereocenters. The Hall–Kier alpha value is -1.56. The minimum absolute atomic E-state index is 0.502. The molecular formula is C12H15N5S. The predicted molar refractivity (Wildman–Crippen MR) is 71.7 cm³/mol. The van der Waals surface area contributed by atoms with Gasteiger partial charge >= 0.3 is 0 Å². The molecule has 0 amide bonds. The molecule has 1 N–H and O–H groups in total. The second-order valence-corrected chi connectivity index (χ2v) is 5.67. The molecule has 1 aliphatic rings. The molecular weight excluding hydrogens is 246 g/mol. The van der Waals surface area contributed by atoms with Gasteiger partial charge in [-0.15, -0.1) is 5.10 Å². The Labute approximate surface area is 110 Å². The summed E-state index contributed by atoms with van der Waals surface area (Å²) in [6.07, 6.45) is 2.24. The van der Waals surface area contributed by atoms with E-state index in [1.807, 2.05) is 7.05 Å². The molecule has 1 aromatic carbocycles. The summed E-state index contributed by atoms with van der Waals surface area (Å²) in [5.41, 5.74) is 2.66. The normalized spacial score (nSPS) is 18.8. The fourth-order valence-electron chi connectivity index (χ4n) is 2.12. The summed E-state index contributed by atoms with van der Waals surface area (Å²) in [5.74, 6) is 0. The van der Waals surface area contributed by atoms with Gasteiger partial charge < -0.3 is 5.32 Å². The zero-order valence-electron chi connectivity index (χ0n) is 10.2.